The normalized spacial score (nSPS) is 10.9. The van der Waals surface area contributed by atoms with E-state index in [0.29, 0.717) is 22.3 Å². The van der Waals surface area contributed by atoms with Crippen LogP contribution in [0.2, 0.25) is 10.0 Å². The number of anilines is 1. The Balaban J connectivity index is 1.76. The van der Waals surface area contributed by atoms with Crippen molar-refractivity contribution in [1.82, 2.24) is 9.55 Å². The van der Waals surface area contributed by atoms with Crippen LogP contribution in [0.4, 0.5) is 5.69 Å². The van der Waals surface area contributed by atoms with Crippen molar-refractivity contribution in [1.29, 1.82) is 0 Å². The maximum atomic E-state index is 12.4. The molecule has 0 saturated heterocycles. The van der Waals surface area contributed by atoms with Crippen LogP contribution in [0.25, 0.3) is 11.0 Å². The summed E-state index contributed by atoms with van der Waals surface area (Å²) >= 11 is 13.8. The molecule has 0 fully saturated rings. The molecule has 1 amide bonds. The van der Waals surface area contributed by atoms with Crippen LogP contribution >= 0.6 is 35.0 Å². The number of hydrogen-bond acceptors (Lipinski definition) is 3. The van der Waals surface area contributed by atoms with Gasteiger partial charge in [-0.1, -0.05) is 59.2 Å². The van der Waals surface area contributed by atoms with E-state index in [1.54, 1.807) is 6.07 Å². The first-order valence-electron chi connectivity index (χ1n) is 7.94. The average Bonchev–Trinajstić information content (AvgIpc) is 2.98. The molecule has 0 aliphatic heterocycles. The van der Waals surface area contributed by atoms with Gasteiger partial charge in [0.15, 0.2) is 5.16 Å². The van der Waals surface area contributed by atoms with E-state index in [-0.39, 0.29) is 11.7 Å². The average molecular weight is 406 g/mol. The molecule has 0 aliphatic carbocycles. The molecule has 2 aromatic carbocycles. The minimum atomic E-state index is -0.193. The summed E-state index contributed by atoms with van der Waals surface area (Å²) in [6, 6.07) is 11.4. The molecule has 0 bridgehead atoms. The number of benzene rings is 2. The second-order valence-electron chi connectivity index (χ2n) is 5.67. The molecule has 134 valence electrons. The minimum absolute atomic E-state index is 0.193. The molecule has 0 saturated carbocycles. The Morgan fingerprint density at radius 3 is 2.85 bits per heavy atom. The number of nitrogens with zero attached hydrogens (tertiary/aromatic N) is 2. The van der Waals surface area contributed by atoms with Gasteiger partial charge in [-0.05, 0) is 30.7 Å². The zero-order valence-electron chi connectivity index (χ0n) is 14.1. The molecule has 3 rings (SSSR count). The molecule has 0 unspecified atom stereocenters. The minimum Gasteiger partial charge on any atom is -0.323 e. The van der Waals surface area contributed by atoms with Gasteiger partial charge in [-0.15, -0.1) is 6.58 Å². The van der Waals surface area contributed by atoms with Gasteiger partial charge in [0, 0.05) is 6.54 Å². The monoisotopic (exact) mass is 405 g/mol. The lowest BCUT2D eigenvalue weighted by molar-refractivity contribution is -0.113. The third-order valence-corrected chi connectivity index (χ3v) is 5.59. The largest absolute Gasteiger partial charge is 0.323 e. The molecule has 3 aromatic rings. The van der Waals surface area contributed by atoms with E-state index in [2.05, 4.69) is 16.9 Å². The predicted octanol–water partition coefficient (Wildman–Crippen LogP) is 5.57. The van der Waals surface area contributed by atoms with Gasteiger partial charge in [-0.2, -0.15) is 0 Å². The fourth-order valence-corrected chi connectivity index (χ4v) is 3.84. The third-order valence-electron chi connectivity index (χ3n) is 3.81. The van der Waals surface area contributed by atoms with Crippen molar-refractivity contribution in [2.45, 2.75) is 18.6 Å². The highest BCUT2D eigenvalue weighted by Gasteiger charge is 2.15. The van der Waals surface area contributed by atoms with Crippen molar-refractivity contribution in [3.8, 4) is 0 Å². The Hall–Kier alpha value is -1.95. The highest BCUT2D eigenvalue weighted by molar-refractivity contribution is 7.99. The predicted molar refractivity (Wildman–Crippen MR) is 110 cm³/mol. The summed E-state index contributed by atoms with van der Waals surface area (Å²) in [7, 11) is 0. The lowest BCUT2D eigenvalue weighted by Gasteiger charge is -2.11. The van der Waals surface area contributed by atoms with Gasteiger partial charge >= 0.3 is 0 Å². The number of amides is 1. The van der Waals surface area contributed by atoms with E-state index in [4.69, 9.17) is 23.2 Å². The molecule has 0 atom stereocenters. The number of nitrogens with one attached hydrogen (secondary N) is 1. The van der Waals surface area contributed by atoms with Gasteiger partial charge in [-0.25, -0.2) is 4.98 Å². The number of aromatic nitrogens is 2. The van der Waals surface area contributed by atoms with E-state index in [0.717, 1.165) is 21.8 Å². The van der Waals surface area contributed by atoms with Crippen LogP contribution in [0, 0.1) is 6.92 Å². The molecule has 7 heteroatoms. The summed E-state index contributed by atoms with van der Waals surface area (Å²) in [4.78, 5) is 17.0. The van der Waals surface area contributed by atoms with Crippen LogP contribution < -0.4 is 5.32 Å². The van der Waals surface area contributed by atoms with Crippen LogP contribution in [0.1, 0.15) is 5.56 Å². The Labute approximate surface area is 166 Å². The Kier molecular flexibility index (Phi) is 5.91. The number of aryl methyl sites for hydroxylation is 1. The molecular weight excluding hydrogens is 389 g/mol. The molecule has 0 aliphatic rings. The summed E-state index contributed by atoms with van der Waals surface area (Å²) in [5.41, 5.74) is 3.20. The lowest BCUT2D eigenvalue weighted by atomic mass is 10.2. The van der Waals surface area contributed by atoms with Crippen LogP contribution in [0.5, 0.6) is 0 Å². The van der Waals surface area contributed by atoms with Crippen LogP contribution in [-0.4, -0.2) is 21.2 Å². The van der Waals surface area contributed by atoms with E-state index < -0.39 is 0 Å². The quantitative estimate of drug-likeness (QED) is 0.430. The number of halogens is 2. The van der Waals surface area contributed by atoms with Gasteiger partial charge in [0.25, 0.3) is 0 Å². The van der Waals surface area contributed by atoms with Crippen molar-refractivity contribution in [3.05, 3.63) is 64.7 Å². The first kappa shape index (κ1) is 18.8. The zero-order valence-corrected chi connectivity index (χ0v) is 16.5. The Morgan fingerprint density at radius 1 is 1.31 bits per heavy atom. The van der Waals surface area contributed by atoms with Crippen LogP contribution in [0.15, 0.2) is 54.2 Å². The van der Waals surface area contributed by atoms with Crippen molar-refractivity contribution in [2.75, 3.05) is 11.1 Å². The second kappa shape index (κ2) is 8.16. The zero-order chi connectivity index (χ0) is 18.7. The summed E-state index contributed by atoms with van der Waals surface area (Å²) in [6.07, 6.45) is 1.81. The fraction of sp³-hybridized carbons (Fsp3) is 0.158. The van der Waals surface area contributed by atoms with Crippen molar-refractivity contribution >= 4 is 57.6 Å². The molecule has 0 spiro atoms. The molecule has 1 N–H and O–H groups in total. The molecule has 0 radical (unpaired) electrons. The van der Waals surface area contributed by atoms with Crippen molar-refractivity contribution in [3.63, 3.8) is 0 Å². The standard InChI is InChI=1S/C19H17Cl2N3OS/c1-3-10-24-15-7-5-4-6-14(15)22-19(24)26-11-16(25)23-18-13(20)9-8-12(2)17(18)21/h3-9H,1,10-11H2,2H3,(H,23,25). The molecular formula is C19H17Cl2N3OS. The SMILES string of the molecule is C=CCn1c(SCC(=O)Nc2c(Cl)ccc(C)c2Cl)nc2ccccc21. The lowest BCUT2D eigenvalue weighted by Crippen LogP contribution is -2.15. The van der Waals surface area contributed by atoms with Crippen LogP contribution in [0.3, 0.4) is 0 Å². The molecule has 26 heavy (non-hydrogen) atoms. The summed E-state index contributed by atoms with van der Waals surface area (Å²) in [5, 5.41) is 4.43. The van der Waals surface area contributed by atoms with Gasteiger partial charge in [0.2, 0.25) is 5.91 Å². The number of hydrogen-bond donors (Lipinski definition) is 1. The van der Waals surface area contributed by atoms with Crippen molar-refractivity contribution in [2.24, 2.45) is 0 Å². The number of para-hydroxylation sites is 2. The second-order valence-corrected chi connectivity index (χ2v) is 7.40. The topological polar surface area (TPSA) is 46.9 Å². The fourth-order valence-electron chi connectivity index (χ4n) is 2.55. The first-order valence-corrected chi connectivity index (χ1v) is 9.69. The number of carbonyl (C=O) groups is 1. The summed E-state index contributed by atoms with van der Waals surface area (Å²) in [5.74, 6) is 0.00255. The Bertz CT molecular complexity index is 984. The highest BCUT2D eigenvalue weighted by atomic mass is 35.5. The molecule has 4 nitrogen and oxygen atoms in total. The molecule has 1 heterocycles. The number of fused-ring (bicyclic) bond motifs is 1. The van der Waals surface area contributed by atoms with Gasteiger partial charge < -0.3 is 9.88 Å². The highest BCUT2D eigenvalue weighted by Crippen LogP contribution is 2.33. The van der Waals surface area contributed by atoms with Crippen LogP contribution in [-0.2, 0) is 11.3 Å². The third kappa shape index (κ3) is 3.90. The van der Waals surface area contributed by atoms with E-state index in [9.17, 15) is 4.79 Å². The number of imidazole rings is 1. The summed E-state index contributed by atoms with van der Waals surface area (Å²) < 4.78 is 2.03. The number of rotatable bonds is 6. The number of thioether (sulfide) groups is 1. The first-order chi connectivity index (χ1) is 12.5. The Morgan fingerprint density at radius 2 is 2.08 bits per heavy atom. The smallest absolute Gasteiger partial charge is 0.234 e. The maximum Gasteiger partial charge on any atom is 0.234 e. The van der Waals surface area contributed by atoms with E-state index in [1.165, 1.54) is 11.8 Å². The maximum absolute atomic E-state index is 12.4. The van der Waals surface area contributed by atoms with Crippen molar-refractivity contribution < 1.29 is 4.79 Å². The van der Waals surface area contributed by atoms with E-state index >= 15 is 0 Å². The summed E-state index contributed by atoms with van der Waals surface area (Å²) in [6.45, 7) is 6.28. The molecule has 1 aromatic heterocycles. The van der Waals surface area contributed by atoms with Gasteiger partial charge in [0.05, 0.1) is 32.5 Å². The van der Waals surface area contributed by atoms with Gasteiger partial charge in [-0.3, -0.25) is 4.79 Å². The van der Waals surface area contributed by atoms with Gasteiger partial charge in [0.1, 0.15) is 0 Å². The number of allylic oxidation sites excluding steroid dienone is 1. The van der Waals surface area contributed by atoms with E-state index in [1.807, 2.05) is 47.9 Å². The number of carbonyl (C=O) groups excluding carboxylic acids is 1.